The lowest BCUT2D eigenvalue weighted by Crippen LogP contribution is -2.29. The normalized spacial score (nSPS) is 12.7. The van der Waals surface area contributed by atoms with Crippen molar-refractivity contribution in [2.45, 2.75) is 71.3 Å². The Morgan fingerprint density at radius 3 is 1.96 bits per heavy atom. The molecule has 0 aromatic rings. The number of hydrogen-bond donors (Lipinski definition) is 2. The van der Waals surface area contributed by atoms with Crippen LogP contribution in [0.2, 0.25) is 0 Å². The molecule has 0 aromatic carbocycles. The summed E-state index contributed by atoms with van der Waals surface area (Å²) in [6, 6.07) is 0. The Hall–Kier alpha value is -0.950. The molecule has 9 heteroatoms. The van der Waals surface area contributed by atoms with Gasteiger partial charge in [0.2, 0.25) is 0 Å². The molecule has 1 atom stereocenters. The Kier molecular flexibility index (Phi) is 12.8. The lowest BCUT2D eigenvalue weighted by Gasteiger charge is -2.18. The minimum absolute atomic E-state index is 0.199. The van der Waals surface area contributed by atoms with Gasteiger partial charge in [-0.05, 0) is 12.8 Å². The van der Waals surface area contributed by atoms with Gasteiger partial charge in [-0.15, -0.1) is 0 Å². The molecular weight excluding hydrogens is 339 g/mol. The molecule has 0 amide bonds. The van der Waals surface area contributed by atoms with E-state index in [1.807, 2.05) is 13.8 Å². The van der Waals surface area contributed by atoms with Gasteiger partial charge in [-0.2, -0.15) is 0 Å². The van der Waals surface area contributed by atoms with E-state index in [1.54, 1.807) is 0 Å². The first kappa shape index (κ1) is 23.1. The van der Waals surface area contributed by atoms with E-state index in [4.69, 9.17) is 19.3 Å². The molecule has 142 valence electrons. The fraction of sp³-hybridized carbons (Fsp3) is 0.867. The van der Waals surface area contributed by atoms with E-state index in [0.29, 0.717) is 12.8 Å². The average Bonchev–Trinajstić information content (AvgIpc) is 2.49. The average molecular weight is 368 g/mol. The predicted molar refractivity (Wildman–Crippen MR) is 87.1 cm³/mol. The molecular formula is C15H29O8P. The van der Waals surface area contributed by atoms with Gasteiger partial charge in [-0.3, -0.25) is 14.1 Å². The molecule has 0 radical (unpaired) electrons. The number of phosphoric ester groups is 1. The lowest BCUT2D eigenvalue weighted by atomic mass is 10.2. The van der Waals surface area contributed by atoms with E-state index in [1.165, 1.54) is 0 Å². The number of phosphoric acid groups is 1. The van der Waals surface area contributed by atoms with E-state index in [9.17, 15) is 14.2 Å². The van der Waals surface area contributed by atoms with Crippen LogP contribution in [-0.2, 0) is 28.2 Å². The molecule has 0 spiro atoms. The van der Waals surface area contributed by atoms with Crippen LogP contribution < -0.4 is 0 Å². The third-order valence-electron chi connectivity index (χ3n) is 3.13. The number of rotatable bonds is 14. The topological polar surface area (TPSA) is 119 Å². The first-order chi connectivity index (χ1) is 11.3. The van der Waals surface area contributed by atoms with Crippen molar-refractivity contribution in [3.63, 3.8) is 0 Å². The van der Waals surface area contributed by atoms with Gasteiger partial charge in [0.05, 0.1) is 6.61 Å². The highest BCUT2D eigenvalue weighted by molar-refractivity contribution is 7.46. The van der Waals surface area contributed by atoms with E-state index in [2.05, 4.69) is 4.52 Å². The lowest BCUT2D eigenvalue weighted by molar-refractivity contribution is -0.161. The quantitative estimate of drug-likeness (QED) is 0.273. The van der Waals surface area contributed by atoms with Crippen LogP contribution in [0.15, 0.2) is 0 Å². The van der Waals surface area contributed by atoms with Crippen molar-refractivity contribution in [2.24, 2.45) is 0 Å². The highest BCUT2D eigenvalue weighted by atomic mass is 31.2. The zero-order valence-electron chi connectivity index (χ0n) is 14.4. The first-order valence-corrected chi connectivity index (χ1v) is 9.86. The van der Waals surface area contributed by atoms with Crippen LogP contribution in [0.1, 0.15) is 65.2 Å². The zero-order valence-corrected chi connectivity index (χ0v) is 15.3. The second-order valence-electron chi connectivity index (χ2n) is 5.50. The van der Waals surface area contributed by atoms with Crippen LogP contribution in [0, 0.1) is 0 Å². The number of unbranched alkanes of at least 4 members (excludes halogenated alkanes) is 4. The summed E-state index contributed by atoms with van der Waals surface area (Å²) in [7, 11) is -4.69. The van der Waals surface area contributed by atoms with Crippen molar-refractivity contribution in [1.82, 2.24) is 0 Å². The maximum absolute atomic E-state index is 11.7. The van der Waals surface area contributed by atoms with Crippen molar-refractivity contribution in [3.8, 4) is 0 Å². The van der Waals surface area contributed by atoms with Crippen molar-refractivity contribution in [2.75, 3.05) is 13.2 Å². The number of carbonyl (C=O) groups excluding carboxylic acids is 2. The molecule has 0 fully saturated rings. The Labute approximate surface area is 143 Å². The monoisotopic (exact) mass is 368 g/mol. The van der Waals surface area contributed by atoms with Gasteiger partial charge in [-0.1, -0.05) is 39.5 Å². The molecule has 0 saturated heterocycles. The van der Waals surface area contributed by atoms with Crippen LogP contribution in [0.5, 0.6) is 0 Å². The molecule has 0 bridgehead atoms. The molecule has 0 aromatic heterocycles. The fourth-order valence-electron chi connectivity index (χ4n) is 1.84. The summed E-state index contributed by atoms with van der Waals surface area (Å²) in [6.07, 6.45) is 4.50. The molecule has 0 unspecified atom stereocenters. The Morgan fingerprint density at radius 1 is 0.917 bits per heavy atom. The molecule has 0 rings (SSSR count). The van der Waals surface area contributed by atoms with E-state index >= 15 is 0 Å². The Bertz CT molecular complexity index is 406. The molecule has 24 heavy (non-hydrogen) atoms. The van der Waals surface area contributed by atoms with E-state index in [-0.39, 0.29) is 19.4 Å². The molecule has 8 nitrogen and oxygen atoms in total. The third-order valence-corrected chi connectivity index (χ3v) is 3.61. The van der Waals surface area contributed by atoms with Crippen molar-refractivity contribution in [1.29, 1.82) is 0 Å². The third kappa shape index (κ3) is 14.6. The van der Waals surface area contributed by atoms with Crippen molar-refractivity contribution < 1.29 is 37.9 Å². The van der Waals surface area contributed by atoms with E-state index < -0.39 is 32.5 Å². The second kappa shape index (κ2) is 13.4. The van der Waals surface area contributed by atoms with Gasteiger partial charge in [0, 0.05) is 12.8 Å². The van der Waals surface area contributed by atoms with Gasteiger partial charge in [0.25, 0.3) is 0 Å². The van der Waals surface area contributed by atoms with Gasteiger partial charge in [-0.25, -0.2) is 4.57 Å². The standard InChI is InChI=1S/C15H29O8P/c1-3-5-7-9-14(16)21-11-13(12-22-24(18,19)20)23-15(17)10-8-6-4-2/h13H,3-12H2,1-2H3,(H2,18,19,20)/t13-/m0/s1. The summed E-state index contributed by atoms with van der Waals surface area (Å²) in [5.41, 5.74) is 0. The number of carbonyl (C=O) groups is 2. The predicted octanol–water partition coefficient (Wildman–Crippen LogP) is 2.71. The van der Waals surface area contributed by atoms with Crippen LogP contribution >= 0.6 is 7.82 Å². The minimum atomic E-state index is -4.69. The Morgan fingerprint density at radius 2 is 1.46 bits per heavy atom. The van der Waals surface area contributed by atoms with Gasteiger partial charge in [0.15, 0.2) is 6.10 Å². The Balaban J connectivity index is 4.33. The smallest absolute Gasteiger partial charge is 0.462 e. The van der Waals surface area contributed by atoms with Crippen LogP contribution in [0.25, 0.3) is 0 Å². The molecule has 0 aliphatic heterocycles. The summed E-state index contributed by atoms with van der Waals surface area (Å²) < 4.78 is 25.2. The SMILES string of the molecule is CCCCCC(=O)OC[C@@H](COP(=O)(O)O)OC(=O)CCCCC. The second-order valence-corrected chi connectivity index (χ2v) is 6.73. The molecule has 0 heterocycles. The van der Waals surface area contributed by atoms with Gasteiger partial charge in [0.1, 0.15) is 6.61 Å². The van der Waals surface area contributed by atoms with Crippen molar-refractivity contribution >= 4 is 19.8 Å². The summed E-state index contributed by atoms with van der Waals surface area (Å²) >= 11 is 0. The van der Waals surface area contributed by atoms with Gasteiger partial charge < -0.3 is 19.3 Å². The largest absolute Gasteiger partial charge is 0.469 e. The molecule has 0 aliphatic rings. The maximum atomic E-state index is 11.7. The van der Waals surface area contributed by atoms with E-state index in [0.717, 1.165) is 25.7 Å². The maximum Gasteiger partial charge on any atom is 0.469 e. The van der Waals surface area contributed by atoms with Crippen LogP contribution in [0.4, 0.5) is 0 Å². The van der Waals surface area contributed by atoms with Crippen molar-refractivity contribution in [3.05, 3.63) is 0 Å². The van der Waals surface area contributed by atoms with Gasteiger partial charge >= 0.3 is 19.8 Å². The summed E-state index contributed by atoms with van der Waals surface area (Å²) in [4.78, 5) is 40.7. The fourth-order valence-corrected chi connectivity index (χ4v) is 2.20. The summed E-state index contributed by atoms with van der Waals surface area (Å²) in [5.74, 6) is -0.948. The molecule has 2 N–H and O–H groups in total. The molecule has 0 saturated carbocycles. The zero-order chi connectivity index (χ0) is 18.4. The number of hydrogen-bond acceptors (Lipinski definition) is 6. The minimum Gasteiger partial charge on any atom is -0.462 e. The number of esters is 2. The van der Waals surface area contributed by atoms with Crippen LogP contribution in [-0.4, -0.2) is 41.0 Å². The first-order valence-electron chi connectivity index (χ1n) is 8.33. The highest BCUT2D eigenvalue weighted by Crippen LogP contribution is 2.35. The molecule has 0 aliphatic carbocycles. The van der Waals surface area contributed by atoms with Crippen LogP contribution in [0.3, 0.4) is 0 Å². The number of ether oxygens (including phenoxy) is 2. The highest BCUT2D eigenvalue weighted by Gasteiger charge is 2.22. The summed E-state index contributed by atoms with van der Waals surface area (Å²) in [5, 5.41) is 0. The summed E-state index contributed by atoms with van der Waals surface area (Å²) in [6.45, 7) is 3.19.